The zero-order chi connectivity index (χ0) is 17.3. The Morgan fingerprint density at radius 2 is 2.00 bits per heavy atom. The van der Waals surface area contributed by atoms with Crippen LogP contribution in [0.5, 0.6) is 5.75 Å². The molecule has 0 saturated carbocycles. The maximum absolute atomic E-state index is 12.9. The van der Waals surface area contributed by atoms with E-state index in [-0.39, 0.29) is 4.90 Å². The second kappa shape index (κ2) is 6.36. The van der Waals surface area contributed by atoms with Gasteiger partial charge in [-0.25, -0.2) is 8.42 Å². The molecule has 24 heavy (non-hydrogen) atoms. The Balaban J connectivity index is 2.01. The molecule has 0 saturated heterocycles. The topological polar surface area (TPSA) is 58.6 Å². The van der Waals surface area contributed by atoms with Crippen LogP contribution in [0.25, 0.3) is 0 Å². The number of para-hydroxylation sites is 1. The number of sulfonamides is 1. The first kappa shape index (κ1) is 16.6. The molecule has 0 atom stereocenters. The molecule has 5 nitrogen and oxygen atoms in total. The summed E-state index contributed by atoms with van der Waals surface area (Å²) in [7, 11) is -1.70. The highest BCUT2D eigenvalue weighted by atomic mass is 32.2. The van der Waals surface area contributed by atoms with Gasteiger partial charge in [-0.2, -0.15) is 0 Å². The Kier molecular flexibility index (Phi) is 4.41. The van der Waals surface area contributed by atoms with Gasteiger partial charge >= 0.3 is 0 Å². The van der Waals surface area contributed by atoms with Crippen molar-refractivity contribution >= 4 is 21.4 Å². The predicted molar refractivity (Wildman–Crippen MR) is 96.6 cm³/mol. The third kappa shape index (κ3) is 3.06. The van der Waals surface area contributed by atoms with Crippen molar-refractivity contribution in [1.29, 1.82) is 0 Å². The van der Waals surface area contributed by atoms with Crippen LogP contribution in [0.3, 0.4) is 0 Å². The Hall–Kier alpha value is -2.21. The molecular weight excluding hydrogens is 324 g/mol. The molecule has 0 spiro atoms. The Morgan fingerprint density at radius 1 is 1.25 bits per heavy atom. The highest BCUT2D eigenvalue weighted by Crippen LogP contribution is 2.35. The monoisotopic (exact) mass is 346 g/mol. The number of nitrogens with one attached hydrogen (secondary N) is 1. The van der Waals surface area contributed by atoms with Gasteiger partial charge in [-0.1, -0.05) is 25.1 Å². The minimum atomic E-state index is -3.68. The van der Waals surface area contributed by atoms with Crippen LogP contribution >= 0.6 is 0 Å². The van der Waals surface area contributed by atoms with Crippen LogP contribution in [0.4, 0.5) is 11.4 Å². The van der Waals surface area contributed by atoms with Crippen molar-refractivity contribution in [2.75, 3.05) is 29.8 Å². The van der Waals surface area contributed by atoms with E-state index in [1.165, 1.54) is 0 Å². The summed E-state index contributed by atoms with van der Waals surface area (Å²) >= 11 is 0. The second-order valence-corrected chi connectivity index (χ2v) is 7.62. The first-order chi connectivity index (χ1) is 11.4. The molecule has 0 unspecified atom stereocenters. The molecule has 2 aromatic carbocycles. The molecule has 6 heteroatoms. The number of rotatable bonds is 4. The molecule has 128 valence electrons. The Morgan fingerprint density at radius 3 is 2.75 bits per heavy atom. The molecule has 2 aromatic rings. The van der Waals surface area contributed by atoms with Gasteiger partial charge in [-0.05, 0) is 36.6 Å². The molecular formula is C18H22N2O3S. The third-order valence-corrected chi connectivity index (χ3v) is 5.79. The van der Waals surface area contributed by atoms with Crippen LogP contribution in [0.2, 0.25) is 0 Å². The highest BCUT2D eigenvalue weighted by Gasteiger charge is 2.23. The maximum atomic E-state index is 12.9. The van der Waals surface area contributed by atoms with E-state index in [0.717, 1.165) is 24.2 Å². The van der Waals surface area contributed by atoms with Crippen molar-refractivity contribution in [2.45, 2.75) is 25.2 Å². The summed E-state index contributed by atoms with van der Waals surface area (Å²) in [6, 6.07) is 10.9. The molecule has 0 radical (unpaired) electrons. The van der Waals surface area contributed by atoms with Gasteiger partial charge in [0.05, 0.1) is 22.8 Å². The lowest BCUT2D eigenvalue weighted by atomic mass is 10.1. The quantitative estimate of drug-likeness (QED) is 0.924. The average Bonchev–Trinajstić information content (AvgIpc) is 2.55. The summed E-state index contributed by atoms with van der Waals surface area (Å²) in [5, 5.41) is 0. The second-order valence-electron chi connectivity index (χ2n) is 5.97. The minimum absolute atomic E-state index is 0.252. The molecule has 1 aliphatic rings. The molecule has 0 aliphatic carbocycles. The summed E-state index contributed by atoms with van der Waals surface area (Å²) in [4.78, 5) is 2.32. The summed E-state index contributed by atoms with van der Waals surface area (Å²) in [6.07, 6.45) is 0.760. The lowest BCUT2D eigenvalue weighted by molar-refractivity contribution is 0.310. The van der Waals surface area contributed by atoms with Crippen molar-refractivity contribution in [3.05, 3.63) is 47.5 Å². The first-order valence-electron chi connectivity index (χ1n) is 8.01. The predicted octanol–water partition coefficient (Wildman–Crippen LogP) is 3.19. The fraction of sp³-hybridized carbons (Fsp3) is 0.333. The number of benzene rings is 2. The molecule has 0 aromatic heterocycles. The van der Waals surface area contributed by atoms with Crippen LogP contribution in [0, 0.1) is 6.92 Å². The van der Waals surface area contributed by atoms with E-state index in [1.807, 2.05) is 45.2 Å². The Labute approximate surface area is 143 Å². The molecule has 1 N–H and O–H groups in total. The molecule has 0 amide bonds. The molecule has 0 fully saturated rings. The lowest BCUT2D eigenvalue weighted by Gasteiger charge is -2.28. The average molecular weight is 346 g/mol. The standard InChI is InChI=1S/C18H22N2O3S/c1-4-14-7-5-6-8-15(14)19-24(21,22)18-12-17-16(11-13(18)2)20(3)9-10-23-17/h5-8,11-12,19H,4,9-10H2,1-3H3. The Bertz CT molecular complexity index is 863. The zero-order valence-corrected chi connectivity index (χ0v) is 15.0. The van der Waals surface area contributed by atoms with Crippen LogP contribution in [0.15, 0.2) is 41.3 Å². The largest absolute Gasteiger partial charge is 0.490 e. The summed E-state index contributed by atoms with van der Waals surface area (Å²) < 4.78 is 34.1. The maximum Gasteiger partial charge on any atom is 0.262 e. The van der Waals surface area contributed by atoms with Crippen LogP contribution < -0.4 is 14.4 Å². The number of nitrogens with zero attached hydrogens (tertiary/aromatic N) is 1. The van der Waals surface area contributed by atoms with E-state index in [4.69, 9.17) is 4.74 Å². The fourth-order valence-corrected chi connectivity index (χ4v) is 4.24. The number of hydrogen-bond donors (Lipinski definition) is 1. The smallest absolute Gasteiger partial charge is 0.262 e. The summed E-state index contributed by atoms with van der Waals surface area (Å²) in [6.45, 7) is 5.16. The molecule has 0 bridgehead atoms. The number of anilines is 2. The number of likely N-dealkylation sites (N-methyl/N-ethyl adjacent to an activating group) is 1. The van der Waals surface area contributed by atoms with E-state index in [0.29, 0.717) is 23.6 Å². The minimum Gasteiger partial charge on any atom is -0.490 e. The van der Waals surface area contributed by atoms with E-state index < -0.39 is 10.0 Å². The van der Waals surface area contributed by atoms with Gasteiger partial charge in [0.1, 0.15) is 12.4 Å². The van der Waals surface area contributed by atoms with Gasteiger partial charge < -0.3 is 9.64 Å². The van der Waals surface area contributed by atoms with Gasteiger partial charge in [0.15, 0.2) is 0 Å². The number of aryl methyl sites for hydroxylation is 2. The van der Waals surface area contributed by atoms with Gasteiger partial charge in [0.2, 0.25) is 0 Å². The molecule has 1 heterocycles. The van der Waals surface area contributed by atoms with Crippen molar-refractivity contribution in [3.63, 3.8) is 0 Å². The number of hydrogen-bond acceptors (Lipinski definition) is 4. The number of fused-ring (bicyclic) bond motifs is 1. The van der Waals surface area contributed by atoms with Crippen molar-refractivity contribution in [1.82, 2.24) is 0 Å². The van der Waals surface area contributed by atoms with Crippen LogP contribution in [-0.4, -0.2) is 28.6 Å². The summed E-state index contributed by atoms with van der Waals surface area (Å²) in [5.74, 6) is 0.610. The van der Waals surface area contributed by atoms with Gasteiger partial charge in [0, 0.05) is 13.1 Å². The first-order valence-corrected chi connectivity index (χ1v) is 9.50. The van der Waals surface area contributed by atoms with Gasteiger partial charge in [-0.3, -0.25) is 4.72 Å². The highest BCUT2D eigenvalue weighted by molar-refractivity contribution is 7.92. The normalized spacial score (nSPS) is 14.0. The van der Waals surface area contributed by atoms with E-state index in [2.05, 4.69) is 9.62 Å². The van der Waals surface area contributed by atoms with E-state index >= 15 is 0 Å². The SMILES string of the molecule is CCc1ccccc1NS(=O)(=O)c1cc2c(cc1C)N(C)CCO2. The van der Waals surface area contributed by atoms with Gasteiger partial charge in [0.25, 0.3) is 10.0 Å². The number of ether oxygens (including phenoxy) is 1. The van der Waals surface area contributed by atoms with Crippen molar-refractivity contribution in [3.8, 4) is 5.75 Å². The summed E-state index contributed by atoms with van der Waals surface area (Å²) in [5.41, 5.74) is 3.21. The third-order valence-electron chi connectivity index (χ3n) is 4.28. The molecule has 3 rings (SSSR count). The fourth-order valence-electron chi connectivity index (χ4n) is 2.90. The van der Waals surface area contributed by atoms with Crippen molar-refractivity contribution < 1.29 is 13.2 Å². The zero-order valence-electron chi connectivity index (χ0n) is 14.2. The van der Waals surface area contributed by atoms with Gasteiger partial charge in [-0.15, -0.1) is 0 Å². The van der Waals surface area contributed by atoms with E-state index in [9.17, 15) is 8.42 Å². The molecule has 1 aliphatic heterocycles. The van der Waals surface area contributed by atoms with E-state index in [1.54, 1.807) is 12.1 Å². The lowest BCUT2D eigenvalue weighted by Crippen LogP contribution is -2.29. The van der Waals surface area contributed by atoms with Crippen LogP contribution in [-0.2, 0) is 16.4 Å². The van der Waals surface area contributed by atoms with Crippen molar-refractivity contribution in [2.24, 2.45) is 0 Å². The van der Waals surface area contributed by atoms with Crippen LogP contribution in [0.1, 0.15) is 18.1 Å².